The lowest BCUT2D eigenvalue weighted by Crippen LogP contribution is -2.00. The van der Waals surface area contributed by atoms with E-state index in [1.54, 1.807) is 6.07 Å². The number of nitrogen functional groups attached to an aromatic ring is 2. The second kappa shape index (κ2) is 4.36. The molecule has 6 heteroatoms. The molecule has 0 radical (unpaired) electrons. The molecule has 0 atom stereocenters. The number of nitrogens with two attached hydrogens (primary N) is 2. The molecule has 4 N–H and O–H groups in total. The van der Waals surface area contributed by atoms with E-state index in [2.05, 4.69) is 25.9 Å². The summed E-state index contributed by atoms with van der Waals surface area (Å²) < 4.78 is 6.34. The van der Waals surface area contributed by atoms with Crippen LogP contribution in [0.2, 0.25) is 0 Å². The fourth-order valence-electron chi connectivity index (χ4n) is 1.15. The van der Waals surface area contributed by atoms with E-state index in [1.165, 1.54) is 6.07 Å². The van der Waals surface area contributed by atoms with E-state index in [0.29, 0.717) is 11.6 Å². The van der Waals surface area contributed by atoms with E-state index >= 15 is 0 Å². The first-order valence-corrected chi connectivity index (χ1v) is 5.27. The Bertz CT molecular complexity index is 498. The third kappa shape index (κ3) is 2.40. The van der Waals surface area contributed by atoms with Gasteiger partial charge in [0.25, 0.3) is 0 Å². The van der Waals surface area contributed by atoms with Crippen molar-refractivity contribution < 1.29 is 4.74 Å². The van der Waals surface area contributed by atoms with Crippen LogP contribution >= 0.6 is 15.9 Å². The van der Waals surface area contributed by atoms with Crippen LogP contribution in [0.25, 0.3) is 0 Å². The molecule has 0 saturated heterocycles. The van der Waals surface area contributed by atoms with Crippen LogP contribution in [0.5, 0.6) is 11.6 Å². The molecule has 0 unspecified atom stereocenters. The molecule has 1 aromatic heterocycles. The highest BCUT2D eigenvalue weighted by Gasteiger charge is 2.04. The van der Waals surface area contributed by atoms with Gasteiger partial charge in [-0.2, -0.15) is 9.97 Å². The molecule has 0 aliphatic carbocycles. The van der Waals surface area contributed by atoms with Crippen LogP contribution in [0.3, 0.4) is 0 Å². The minimum atomic E-state index is 0.0852. The predicted octanol–water partition coefficient (Wildman–Crippen LogP) is 2.20. The molecule has 0 bridgehead atoms. The van der Waals surface area contributed by atoms with Crippen molar-refractivity contribution in [1.82, 2.24) is 9.97 Å². The number of ether oxygens (including phenoxy) is 1. The maximum atomic E-state index is 5.53. The standard InChI is InChI=1S/C10H9BrN4O/c11-6-3-1-2-4-7(6)16-9-5-8(12)14-10(13)15-9/h1-5H,(H4,12,13,14,15). The monoisotopic (exact) mass is 280 g/mol. The van der Waals surface area contributed by atoms with E-state index < -0.39 is 0 Å². The summed E-state index contributed by atoms with van der Waals surface area (Å²) in [6.07, 6.45) is 0. The fraction of sp³-hybridized carbons (Fsp3) is 0. The topological polar surface area (TPSA) is 87.0 Å². The van der Waals surface area contributed by atoms with E-state index in [4.69, 9.17) is 16.2 Å². The largest absolute Gasteiger partial charge is 0.438 e. The van der Waals surface area contributed by atoms with Gasteiger partial charge in [-0.15, -0.1) is 0 Å². The first kappa shape index (κ1) is 10.7. The third-order valence-electron chi connectivity index (χ3n) is 1.79. The Hall–Kier alpha value is -1.82. The van der Waals surface area contributed by atoms with Gasteiger partial charge in [-0.25, -0.2) is 0 Å². The predicted molar refractivity (Wildman–Crippen MR) is 65.1 cm³/mol. The molecule has 0 fully saturated rings. The SMILES string of the molecule is Nc1cc(Oc2ccccc2Br)nc(N)n1. The number of anilines is 2. The maximum absolute atomic E-state index is 5.53. The van der Waals surface area contributed by atoms with Crippen LogP contribution in [0, 0.1) is 0 Å². The zero-order valence-electron chi connectivity index (χ0n) is 8.22. The van der Waals surface area contributed by atoms with Crippen LogP contribution in [0.1, 0.15) is 0 Å². The average Bonchev–Trinajstić information content (AvgIpc) is 2.20. The molecule has 0 amide bonds. The zero-order chi connectivity index (χ0) is 11.5. The fourth-order valence-corrected chi connectivity index (χ4v) is 1.52. The summed E-state index contributed by atoms with van der Waals surface area (Å²) in [6.45, 7) is 0. The van der Waals surface area contributed by atoms with Gasteiger partial charge in [0.2, 0.25) is 11.8 Å². The van der Waals surface area contributed by atoms with Crippen molar-refractivity contribution in [3.05, 3.63) is 34.8 Å². The van der Waals surface area contributed by atoms with Gasteiger partial charge in [-0.1, -0.05) is 12.1 Å². The Balaban J connectivity index is 2.30. The van der Waals surface area contributed by atoms with E-state index in [9.17, 15) is 0 Å². The molecule has 1 aromatic carbocycles. The van der Waals surface area contributed by atoms with Crippen LogP contribution in [0.4, 0.5) is 11.8 Å². The molecule has 1 heterocycles. The summed E-state index contributed by atoms with van der Waals surface area (Å²) in [5.74, 6) is 1.31. The van der Waals surface area contributed by atoms with Crippen molar-refractivity contribution in [3.8, 4) is 11.6 Å². The highest BCUT2D eigenvalue weighted by atomic mass is 79.9. The second-order valence-corrected chi connectivity index (χ2v) is 3.88. The van der Waals surface area contributed by atoms with Crippen LogP contribution in [-0.4, -0.2) is 9.97 Å². The Morgan fingerprint density at radius 1 is 1.12 bits per heavy atom. The van der Waals surface area contributed by atoms with Crippen molar-refractivity contribution in [2.45, 2.75) is 0 Å². The number of halogens is 1. The quantitative estimate of drug-likeness (QED) is 0.881. The third-order valence-corrected chi connectivity index (χ3v) is 2.45. The van der Waals surface area contributed by atoms with Crippen molar-refractivity contribution in [2.24, 2.45) is 0 Å². The van der Waals surface area contributed by atoms with Crippen LogP contribution < -0.4 is 16.2 Å². The molecule has 0 aliphatic rings. The lowest BCUT2D eigenvalue weighted by molar-refractivity contribution is 0.460. The summed E-state index contributed by atoms with van der Waals surface area (Å²) in [7, 11) is 0. The van der Waals surface area contributed by atoms with Gasteiger partial charge < -0.3 is 16.2 Å². The Kier molecular flexibility index (Phi) is 2.91. The normalized spacial score (nSPS) is 10.1. The molecule has 5 nitrogen and oxygen atoms in total. The van der Waals surface area contributed by atoms with Crippen LogP contribution in [-0.2, 0) is 0 Å². The summed E-state index contributed by atoms with van der Waals surface area (Å²) >= 11 is 3.36. The molecule has 0 spiro atoms. The van der Waals surface area contributed by atoms with Crippen LogP contribution in [0.15, 0.2) is 34.8 Å². The lowest BCUT2D eigenvalue weighted by atomic mass is 10.3. The van der Waals surface area contributed by atoms with Gasteiger partial charge in [0.15, 0.2) is 0 Å². The van der Waals surface area contributed by atoms with E-state index in [1.807, 2.05) is 18.2 Å². The summed E-state index contributed by atoms with van der Waals surface area (Å²) in [5, 5.41) is 0. The number of nitrogens with zero attached hydrogens (tertiary/aromatic N) is 2. The molecule has 16 heavy (non-hydrogen) atoms. The number of aromatic nitrogens is 2. The van der Waals surface area contributed by atoms with Crippen molar-refractivity contribution >= 4 is 27.7 Å². The molecule has 0 aliphatic heterocycles. The zero-order valence-corrected chi connectivity index (χ0v) is 9.81. The maximum Gasteiger partial charge on any atom is 0.226 e. The number of rotatable bonds is 2. The molecule has 0 saturated carbocycles. The first-order chi connectivity index (χ1) is 7.65. The Labute approximate surface area is 101 Å². The molecule has 2 aromatic rings. The Morgan fingerprint density at radius 2 is 1.88 bits per heavy atom. The van der Waals surface area contributed by atoms with Gasteiger partial charge in [0.1, 0.15) is 11.6 Å². The minimum absolute atomic E-state index is 0.0852. The van der Waals surface area contributed by atoms with E-state index in [-0.39, 0.29) is 11.8 Å². The number of hydrogen-bond acceptors (Lipinski definition) is 5. The minimum Gasteiger partial charge on any atom is -0.438 e. The molecular formula is C10H9BrN4O. The number of para-hydroxylation sites is 1. The van der Waals surface area contributed by atoms with Crippen molar-refractivity contribution in [1.29, 1.82) is 0 Å². The van der Waals surface area contributed by atoms with Crippen molar-refractivity contribution in [2.75, 3.05) is 11.5 Å². The van der Waals surface area contributed by atoms with Gasteiger partial charge >= 0.3 is 0 Å². The summed E-state index contributed by atoms with van der Waals surface area (Å²) in [6, 6.07) is 8.92. The second-order valence-electron chi connectivity index (χ2n) is 3.02. The summed E-state index contributed by atoms with van der Waals surface area (Å²) in [4.78, 5) is 7.67. The summed E-state index contributed by atoms with van der Waals surface area (Å²) in [5.41, 5.74) is 11.0. The van der Waals surface area contributed by atoms with Gasteiger partial charge in [0, 0.05) is 6.07 Å². The number of hydrogen-bond donors (Lipinski definition) is 2. The number of benzene rings is 1. The highest BCUT2D eigenvalue weighted by Crippen LogP contribution is 2.28. The Morgan fingerprint density at radius 3 is 2.56 bits per heavy atom. The van der Waals surface area contributed by atoms with E-state index in [0.717, 1.165) is 4.47 Å². The van der Waals surface area contributed by atoms with Gasteiger partial charge in [-0.05, 0) is 28.1 Å². The molecular weight excluding hydrogens is 272 g/mol. The molecule has 82 valence electrons. The lowest BCUT2D eigenvalue weighted by Gasteiger charge is -2.07. The van der Waals surface area contributed by atoms with Crippen molar-refractivity contribution in [3.63, 3.8) is 0 Å². The first-order valence-electron chi connectivity index (χ1n) is 4.47. The van der Waals surface area contributed by atoms with Gasteiger partial charge in [0.05, 0.1) is 4.47 Å². The average molecular weight is 281 g/mol. The van der Waals surface area contributed by atoms with Gasteiger partial charge in [-0.3, -0.25) is 0 Å². The highest BCUT2D eigenvalue weighted by molar-refractivity contribution is 9.10. The molecule has 2 rings (SSSR count). The smallest absolute Gasteiger partial charge is 0.226 e.